The third-order valence-corrected chi connectivity index (χ3v) is 7.37. The van der Waals surface area contributed by atoms with E-state index in [-0.39, 0.29) is 11.9 Å². The van der Waals surface area contributed by atoms with Crippen LogP contribution in [0.4, 0.5) is 17.1 Å². The second kappa shape index (κ2) is 9.49. The molecule has 0 bridgehead atoms. The van der Waals surface area contributed by atoms with Crippen molar-refractivity contribution in [3.05, 3.63) is 84.4 Å². The zero-order valence-electron chi connectivity index (χ0n) is 20.0. The predicted molar refractivity (Wildman–Crippen MR) is 138 cm³/mol. The van der Waals surface area contributed by atoms with Crippen molar-refractivity contribution in [1.29, 1.82) is 0 Å². The van der Waals surface area contributed by atoms with Crippen molar-refractivity contribution in [3.8, 4) is 5.75 Å². The fraction of sp³-hybridized carbons (Fsp3) is 0.321. The molecule has 0 radical (unpaired) electrons. The molecular formula is C28H33N4O2+. The lowest BCUT2D eigenvalue weighted by molar-refractivity contribution is 0.0893. The summed E-state index contributed by atoms with van der Waals surface area (Å²) in [5.41, 5.74) is 4.31. The highest BCUT2D eigenvalue weighted by molar-refractivity contribution is 6.01. The maximum atomic E-state index is 12.7. The fourth-order valence-corrected chi connectivity index (χ4v) is 5.46. The summed E-state index contributed by atoms with van der Waals surface area (Å²) in [5.74, 6) is 0.903. The Bertz CT molecular complexity index is 1130. The largest absolute Gasteiger partial charge is 0.497 e. The Hall–Kier alpha value is -3.35. The molecule has 1 fully saturated rings. The zero-order chi connectivity index (χ0) is 23.5. The summed E-state index contributed by atoms with van der Waals surface area (Å²) in [5, 5.41) is 3.18. The van der Waals surface area contributed by atoms with E-state index in [1.165, 1.54) is 11.4 Å². The van der Waals surface area contributed by atoms with Gasteiger partial charge in [-0.05, 0) is 49.4 Å². The summed E-state index contributed by atoms with van der Waals surface area (Å²) in [6.45, 7) is 7.85. The molecule has 1 saturated heterocycles. The Morgan fingerprint density at radius 2 is 1.59 bits per heavy atom. The van der Waals surface area contributed by atoms with E-state index in [1.807, 2.05) is 30.3 Å². The maximum Gasteiger partial charge on any atom is 0.261 e. The molecule has 2 aliphatic heterocycles. The van der Waals surface area contributed by atoms with Crippen molar-refractivity contribution in [2.45, 2.75) is 13.0 Å². The van der Waals surface area contributed by atoms with Crippen LogP contribution in [-0.4, -0.2) is 63.4 Å². The number of para-hydroxylation sites is 2. The van der Waals surface area contributed by atoms with E-state index in [0.717, 1.165) is 49.7 Å². The molecule has 2 heterocycles. The first-order chi connectivity index (χ1) is 16.6. The summed E-state index contributed by atoms with van der Waals surface area (Å²) >= 11 is 0. The van der Waals surface area contributed by atoms with Gasteiger partial charge in [-0.3, -0.25) is 9.69 Å². The predicted octanol–water partition coefficient (Wildman–Crippen LogP) is 4.25. The van der Waals surface area contributed by atoms with E-state index in [9.17, 15) is 4.79 Å². The number of anilines is 1. The first kappa shape index (κ1) is 22.4. The number of hydrogen-bond donors (Lipinski definition) is 1. The highest BCUT2D eigenvalue weighted by atomic mass is 16.5. The third kappa shape index (κ3) is 4.04. The number of nitrogens with one attached hydrogen (secondary N) is 1. The fourth-order valence-electron chi connectivity index (χ4n) is 5.46. The van der Waals surface area contributed by atoms with Crippen molar-refractivity contribution in [1.82, 2.24) is 14.7 Å². The first-order valence-corrected chi connectivity index (χ1v) is 12.0. The molecule has 3 aromatic rings. The lowest BCUT2D eigenvalue weighted by atomic mass is 10.0. The van der Waals surface area contributed by atoms with Crippen LogP contribution in [0.2, 0.25) is 0 Å². The van der Waals surface area contributed by atoms with Gasteiger partial charge >= 0.3 is 0 Å². The summed E-state index contributed by atoms with van der Waals surface area (Å²) in [4.78, 5) is 17.7. The van der Waals surface area contributed by atoms with Gasteiger partial charge in [0.15, 0.2) is 12.4 Å². The average molecular weight is 458 g/mol. The monoisotopic (exact) mass is 457 g/mol. The van der Waals surface area contributed by atoms with Gasteiger partial charge in [-0.2, -0.15) is 0 Å². The molecule has 2 aliphatic rings. The number of quaternary nitrogens is 1. The molecule has 2 atom stereocenters. The number of hydrogen-bond acceptors (Lipinski definition) is 4. The number of benzene rings is 3. The molecule has 34 heavy (non-hydrogen) atoms. The number of fused-ring (bicyclic) bond motifs is 1. The van der Waals surface area contributed by atoms with Crippen molar-refractivity contribution in [2.24, 2.45) is 0 Å². The molecule has 6 nitrogen and oxygen atoms in total. The van der Waals surface area contributed by atoms with Gasteiger partial charge in [0, 0.05) is 37.9 Å². The van der Waals surface area contributed by atoms with E-state index in [2.05, 4.69) is 70.6 Å². The van der Waals surface area contributed by atoms with E-state index in [4.69, 9.17) is 4.74 Å². The number of rotatable bonds is 6. The lowest BCUT2D eigenvalue weighted by Crippen LogP contribution is -2.63. The smallest absolute Gasteiger partial charge is 0.261 e. The molecule has 5 rings (SSSR count). The van der Waals surface area contributed by atoms with Gasteiger partial charge < -0.3 is 15.0 Å². The average Bonchev–Trinajstić information content (AvgIpc) is 2.90. The van der Waals surface area contributed by atoms with Crippen LogP contribution in [0.1, 0.15) is 17.3 Å². The SMILES string of the molecule is COc1ccc(N2CCN(CC(C)[N+]3(c4ccccc4)CNC(=O)c4ccccc43)CC2)cc1. The van der Waals surface area contributed by atoms with Crippen LogP contribution < -0.4 is 19.4 Å². The van der Waals surface area contributed by atoms with Crippen molar-refractivity contribution < 1.29 is 9.53 Å². The van der Waals surface area contributed by atoms with E-state index in [0.29, 0.717) is 11.2 Å². The minimum atomic E-state index is 0.0144. The number of carbonyl (C=O) groups excluding carboxylic acids is 1. The minimum absolute atomic E-state index is 0.0144. The molecule has 0 saturated carbocycles. The van der Waals surface area contributed by atoms with Gasteiger partial charge in [0.05, 0.1) is 13.7 Å². The Labute approximate surface area is 201 Å². The molecule has 0 spiro atoms. The van der Waals surface area contributed by atoms with Crippen LogP contribution in [0.25, 0.3) is 0 Å². The van der Waals surface area contributed by atoms with Crippen LogP contribution in [0, 0.1) is 0 Å². The lowest BCUT2D eigenvalue weighted by Gasteiger charge is -2.47. The summed E-state index contributed by atoms with van der Waals surface area (Å²) < 4.78 is 5.92. The molecule has 0 aromatic heterocycles. The van der Waals surface area contributed by atoms with Crippen LogP contribution in [0.3, 0.4) is 0 Å². The van der Waals surface area contributed by atoms with Crippen LogP contribution in [0.5, 0.6) is 5.75 Å². The van der Waals surface area contributed by atoms with Gasteiger partial charge in [-0.1, -0.05) is 30.3 Å². The van der Waals surface area contributed by atoms with E-state index in [1.54, 1.807) is 7.11 Å². The molecule has 6 heteroatoms. The zero-order valence-corrected chi connectivity index (χ0v) is 20.0. The van der Waals surface area contributed by atoms with Crippen LogP contribution in [0.15, 0.2) is 78.9 Å². The molecule has 2 unspecified atom stereocenters. The highest BCUT2D eigenvalue weighted by Crippen LogP contribution is 2.41. The maximum absolute atomic E-state index is 12.7. The molecule has 1 N–H and O–H groups in total. The third-order valence-electron chi connectivity index (χ3n) is 7.37. The quantitative estimate of drug-likeness (QED) is 0.562. The summed E-state index contributed by atoms with van der Waals surface area (Å²) in [6, 6.07) is 27.3. The van der Waals surface area contributed by atoms with Crippen molar-refractivity contribution >= 4 is 23.0 Å². The Kier molecular flexibility index (Phi) is 6.26. The second-order valence-corrected chi connectivity index (χ2v) is 9.22. The highest BCUT2D eigenvalue weighted by Gasteiger charge is 2.45. The number of amides is 1. The van der Waals surface area contributed by atoms with Gasteiger partial charge in [0.2, 0.25) is 0 Å². The van der Waals surface area contributed by atoms with Gasteiger partial charge in [-0.15, -0.1) is 0 Å². The van der Waals surface area contributed by atoms with Gasteiger partial charge in [0.25, 0.3) is 5.91 Å². The molecular weight excluding hydrogens is 424 g/mol. The number of carbonyl (C=O) groups is 1. The van der Waals surface area contributed by atoms with Crippen molar-refractivity contribution in [2.75, 3.05) is 51.4 Å². The molecule has 176 valence electrons. The second-order valence-electron chi connectivity index (χ2n) is 9.22. The van der Waals surface area contributed by atoms with E-state index >= 15 is 0 Å². The Balaban J connectivity index is 1.36. The molecule has 1 amide bonds. The van der Waals surface area contributed by atoms with Gasteiger partial charge in [-0.25, -0.2) is 4.48 Å². The standard InChI is InChI=1S/C28H32N4O2/c1-22(20-30-16-18-31(19-17-30)23-12-14-25(34-2)15-13-23)32(24-8-4-3-5-9-24)21-29-28(33)26-10-6-7-11-27(26)32/h3-15,22H,16-21H2,1-2H3/p+1. The van der Waals surface area contributed by atoms with E-state index < -0.39 is 0 Å². The van der Waals surface area contributed by atoms with Gasteiger partial charge in [0.1, 0.15) is 23.0 Å². The molecule has 3 aromatic carbocycles. The minimum Gasteiger partial charge on any atom is -0.497 e. The van der Waals surface area contributed by atoms with Crippen LogP contribution in [-0.2, 0) is 0 Å². The normalized spacial score (nSPS) is 21.5. The number of piperazine rings is 1. The Morgan fingerprint density at radius 1 is 0.912 bits per heavy atom. The Morgan fingerprint density at radius 3 is 2.29 bits per heavy atom. The first-order valence-electron chi connectivity index (χ1n) is 12.0. The summed E-state index contributed by atoms with van der Waals surface area (Å²) in [7, 11) is 1.70. The topological polar surface area (TPSA) is 44.8 Å². The number of nitrogens with zero attached hydrogens (tertiary/aromatic N) is 3. The number of methoxy groups -OCH3 is 1. The van der Waals surface area contributed by atoms with Crippen molar-refractivity contribution in [3.63, 3.8) is 0 Å². The molecule has 0 aliphatic carbocycles. The number of ether oxygens (including phenoxy) is 1. The van der Waals surface area contributed by atoms with Crippen LogP contribution >= 0.6 is 0 Å². The summed E-state index contributed by atoms with van der Waals surface area (Å²) in [6.07, 6.45) is 0.